The fourth-order valence-corrected chi connectivity index (χ4v) is 3.08. The molecule has 5 nitrogen and oxygen atoms in total. The molecule has 0 saturated carbocycles. The van der Waals surface area contributed by atoms with Gasteiger partial charge in [0, 0.05) is 23.5 Å². The standard InChI is InChI=1S/C16H19BrN4O/c1-11-18-16(20-19-11)13-6-8-21(9-7-13)15(22)10-12-2-4-14(17)5-3-12/h2-5,13H,6-10H2,1H3,(H,18,19,20). The predicted octanol–water partition coefficient (Wildman–Crippen LogP) is 2.82. The molecule has 1 aromatic carbocycles. The summed E-state index contributed by atoms with van der Waals surface area (Å²) in [6, 6.07) is 7.93. The Kier molecular flexibility index (Phi) is 4.57. The van der Waals surface area contributed by atoms with Gasteiger partial charge in [-0.1, -0.05) is 28.1 Å². The quantitative estimate of drug-likeness (QED) is 0.912. The van der Waals surface area contributed by atoms with Gasteiger partial charge in [0.05, 0.1) is 6.42 Å². The summed E-state index contributed by atoms with van der Waals surface area (Å²) in [7, 11) is 0. The van der Waals surface area contributed by atoms with Crippen molar-refractivity contribution in [3.8, 4) is 0 Å². The first-order valence-corrected chi connectivity index (χ1v) is 8.32. The van der Waals surface area contributed by atoms with Crippen molar-refractivity contribution in [2.45, 2.75) is 32.1 Å². The van der Waals surface area contributed by atoms with Crippen LogP contribution in [-0.2, 0) is 11.2 Å². The summed E-state index contributed by atoms with van der Waals surface area (Å²) in [4.78, 5) is 18.7. The zero-order valence-corrected chi connectivity index (χ0v) is 14.1. The van der Waals surface area contributed by atoms with E-state index >= 15 is 0 Å². The number of carbonyl (C=O) groups excluding carboxylic acids is 1. The molecular formula is C16H19BrN4O. The third-order valence-corrected chi connectivity index (χ3v) is 4.62. The SMILES string of the molecule is Cc1nc(C2CCN(C(=O)Cc3ccc(Br)cc3)CC2)n[nH]1. The van der Waals surface area contributed by atoms with Crippen molar-refractivity contribution < 1.29 is 4.79 Å². The van der Waals surface area contributed by atoms with Crippen molar-refractivity contribution in [3.05, 3.63) is 46.0 Å². The third kappa shape index (κ3) is 3.55. The molecule has 1 aliphatic heterocycles. The average Bonchev–Trinajstić information content (AvgIpc) is 2.96. The Morgan fingerprint density at radius 3 is 2.59 bits per heavy atom. The fourth-order valence-electron chi connectivity index (χ4n) is 2.82. The van der Waals surface area contributed by atoms with Gasteiger partial charge in [-0.25, -0.2) is 4.98 Å². The molecule has 2 heterocycles. The molecule has 0 radical (unpaired) electrons. The van der Waals surface area contributed by atoms with Crippen molar-refractivity contribution in [2.75, 3.05) is 13.1 Å². The van der Waals surface area contributed by atoms with Crippen LogP contribution in [0, 0.1) is 6.92 Å². The highest BCUT2D eigenvalue weighted by Gasteiger charge is 2.25. The molecule has 1 N–H and O–H groups in total. The van der Waals surface area contributed by atoms with Gasteiger partial charge in [-0.05, 0) is 37.5 Å². The van der Waals surface area contributed by atoms with Crippen molar-refractivity contribution >= 4 is 21.8 Å². The zero-order valence-electron chi connectivity index (χ0n) is 12.6. The number of likely N-dealkylation sites (tertiary alicyclic amines) is 1. The molecule has 1 aliphatic rings. The zero-order chi connectivity index (χ0) is 15.5. The van der Waals surface area contributed by atoms with E-state index in [1.807, 2.05) is 36.1 Å². The van der Waals surface area contributed by atoms with Crippen molar-refractivity contribution in [3.63, 3.8) is 0 Å². The minimum atomic E-state index is 0.201. The minimum Gasteiger partial charge on any atom is -0.342 e. The van der Waals surface area contributed by atoms with E-state index < -0.39 is 0 Å². The molecular weight excluding hydrogens is 344 g/mol. The molecule has 0 spiro atoms. The van der Waals surface area contributed by atoms with Gasteiger partial charge in [-0.3, -0.25) is 9.89 Å². The van der Waals surface area contributed by atoms with Crippen LogP contribution in [0.15, 0.2) is 28.7 Å². The topological polar surface area (TPSA) is 61.9 Å². The van der Waals surface area contributed by atoms with Crippen LogP contribution in [-0.4, -0.2) is 39.1 Å². The van der Waals surface area contributed by atoms with Crippen LogP contribution < -0.4 is 0 Å². The lowest BCUT2D eigenvalue weighted by Gasteiger charge is -2.31. The second-order valence-electron chi connectivity index (χ2n) is 5.74. The Morgan fingerprint density at radius 2 is 2.00 bits per heavy atom. The maximum atomic E-state index is 12.4. The van der Waals surface area contributed by atoms with E-state index in [1.165, 1.54) is 0 Å². The van der Waals surface area contributed by atoms with E-state index in [2.05, 4.69) is 31.1 Å². The van der Waals surface area contributed by atoms with Crippen molar-refractivity contribution in [1.29, 1.82) is 0 Å². The van der Waals surface area contributed by atoms with Gasteiger partial charge in [-0.15, -0.1) is 0 Å². The lowest BCUT2D eigenvalue weighted by atomic mass is 9.95. The molecule has 0 aliphatic carbocycles. The first-order valence-electron chi connectivity index (χ1n) is 7.53. The van der Waals surface area contributed by atoms with Crippen LogP contribution in [0.25, 0.3) is 0 Å². The summed E-state index contributed by atoms with van der Waals surface area (Å²) < 4.78 is 1.03. The lowest BCUT2D eigenvalue weighted by molar-refractivity contribution is -0.131. The summed E-state index contributed by atoms with van der Waals surface area (Å²) in [6.45, 7) is 3.48. The number of aromatic nitrogens is 3. The second-order valence-corrected chi connectivity index (χ2v) is 6.65. The first kappa shape index (κ1) is 15.2. The van der Waals surface area contributed by atoms with Gasteiger partial charge >= 0.3 is 0 Å². The largest absolute Gasteiger partial charge is 0.342 e. The second kappa shape index (κ2) is 6.60. The Bertz CT molecular complexity index is 644. The molecule has 1 fully saturated rings. The minimum absolute atomic E-state index is 0.201. The number of benzene rings is 1. The maximum absolute atomic E-state index is 12.4. The number of aromatic amines is 1. The predicted molar refractivity (Wildman–Crippen MR) is 87.5 cm³/mol. The van der Waals surface area contributed by atoms with Crippen LogP contribution in [0.3, 0.4) is 0 Å². The molecule has 2 aromatic rings. The molecule has 0 atom stereocenters. The highest BCUT2D eigenvalue weighted by atomic mass is 79.9. The van der Waals surface area contributed by atoms with E-state index in [4.69, 9.17) is 0 Å². The van der Waals surface area contributed by atoms with E-state index in [0.29, 0.717) is 12.3 Å². The van der Waals surface area contributed by atoms with Crippen LogP contribution >= 0.6 is 15.9 Å². The number of amides is 1. The number of piperidine rings is 1. The molecule has 1 saturated heterocycles. The van der Waals surface area contributed by atoms with Gasteiger partial charge < -0.3 is 4.90 Å². The summed E-state index contributed by atoms with van der Waals surface area (Å²) in [5.74, 6) is 2.30. The third-order valence-electron chi connectivity index (χ3n) is 4.10. The Balaban J connectivity index is 1.54. The van der Waals surface area contributed by atoms with Crippen molar-refractivity contribution in [2.24, 2.45) is 0 Å². The van der Waals surface area contributed by atoms with Gasteiger partial charge in [0.2, 0.25) is 5.91 Å². The Morgan fingerprint density at radius 1 is 1.32 bits per heavy atom. The van der Waals surface area contributed by atoms with Gasteiger partial charge in [0.15, 0.2) is 5.82 Å². The normalized spacial score (nSPS) is 16.0. The Labute approximate surface area is 138 Å². The molecule has 22 heavy (non-hydrogen) atoms. The average molecular weight is 363 g/mol. The summed E-state index contributed by atoms with van der Waals surface area (Å²) >= 11 is 3.41. The highest BCUT2D eigenvalue weighted by molar-refractivity contribution is 9.10. The smallest absolute Gasteiger partial charge is 0.226 e. The van der Waals surface area contributed by atoms with E-state index in [0.717, 1.165) is 47.6 Å². The number of H-pyrrole nitrogens is 1. The van der Waals surface area contributed by atoms with E-state index in [9.17, 15) is 4.79 Å². The number of carbonyl (C=O) groups is 1. The molecule has 3 rings (SSSR count). The lowest BCUT2D eigenvalue weighted by Crippen LogP contribution is -2.39. The van der Waals surface area contributed by atoms with Gasteiger partial charge in [0.25, 0.3) is 0 Å². The maximum Gasteiger partial charge on any atom is 0.226 e. The Hall–Kier alpha value is -1.69. The molecule has 0 bridgehead atoms. The number of hydrogen-bond donors (Lipinski definition) is 1. The van der Waals surface area contributed by atoms with Crippen LogP contribution in [0.5, 0.6) is 0 Å². The highest BCUT2D eigenvalue weighted by Crippen LogP contribution is 2.25. The fraction of sp³-hybridized carbons (Fsp3) is 0.438. The van der Waals surface area contributed by atoms with Gasteiger partial charge in [0.1, 0.15) is 5.82 Å². The summed E-state index contributed by atoms with van der Waals surface area (Å²) in [5, 5.41) is 7.13. The number of nitrogens with one attached hydrogen (secondary N) is 1. The van der Waals surface area contributed by atoms with E-state index in [1.54, 1.807) is 0 Å². The summed E-state index contributed by atoms with van der Waals surface area (Å²) in [5.41, 5.74) is 1.06. The van der Waals surface area contributed by atoms with E-state index in [-0.39, 0.29) is 5.91 Å². The number of halogens is 1. The van der Waals surface area contributed by atoms with Crippen LogP contribution in [0.4, 0.5) is 0 Å². The van der Waals surface area contributed by atoms with Crippen LogP contribution in [0.2, 0.25) is 0 Å². The molecule has 1 aromatic heterocycles. The number of hydrogen-bond acceptors (Lipinski definition) is 3. The van der Waals surface area contributed by atoms with Gasteiger partial charge in [-0.2, -0.15) is 5.10 Å². The molecule has 1 amide bonds. The van der Waals surface area contributed by atoms with Crippen LogP contribution in [0.1, 0.15) is 36.0 Å². The molecule has 116 valence electrons. The summed E-state index contributed by atoms with van der Waals surface area (Å²) in [6.07, 6.45) is 2.34. The first-order chi connectivity index (χ1) is 10.6. The van der Waals surface area contributed by atoms with Crippen molar-refractivity contribution in [1.82, 2.24) is 20.1 Å². The molecule has 0 unspecified atom stereocenters. The molecule has 6 heteroatoms. The number of rotatable bonds is 3. The number of nitrogens with zero attached hydrogens (tertiary/aromatic N) is 3. The number of aryl methyl sites for hydroxylation is 1. The monoisotopic (exact) mass is 362 g/mol.